The predicted molar refractivity (Wildman–Crippen MR) is 117 cm³/mol. The topological polar surface area (TPSA) is 71.5 Å². The van der Waals surface area contributed by atoms with Crippen LogP contribution in [0.5, 0.6) is 0 Å². The van der Waals surface area contributed by atoms with Crippen LogP contribution in [0.3, 0.4) is 0 Å². The van der Waals surface area contributed by atoms with Gasteiger partial charge in [-0.3, -0.25) is 0 Å². The van der Waals surface area contributed by atoms with Crippen LogP contribution in [0.25, 0.3) is 0 Å². The van der Waals surface area contributed by atoms with Gasteiger partial charge in [0.05, 0.1) is 18.9 Å². The fourth-order valence-corrected chi connectivity index (χ4v) is 3.38. The summed E-state index contributed by atoms with van der Waals surface area (Å²) in [6.45, 7) is 12.1. The van der Waals surface area contributed by atoms with Gasteiger partial charge >= 0.3 is 6.09 Å². The highest BCUT2D eigenvalue weighted by Crippen LogP contribution is 2.31. The van der Waals surface area contributed by atoms with Crippen LogP contribution in [0, 0.1) is 0 Å². The van der Waals surface area contributed by atoms with Gasteiger partial charge < -0.3 is 15.2 Å². The largest absolute Gasteiger partial charge is 0.453 e. The molecule has 1 aromatic rings. The van der Waals surface area contributed by atoms with E-state index >= 15 is 0 Å². The van der Waals surface area contributed by atoms with Gasteiger partial charge in [-0.1, -0.05) is 56.4 Å². The number of nitrogens with zero attached hydrogens (tertiary/aromatic N) is 1. The first kappa shape index (κ1) is 23.9. The number of aliphatic hydroxyl groups excluding tert-OH is 1. The van der Waals surface area contributed by atoms with E-state index in [1.807, 2.05) is 37.5 Å². The first-order valence-corrected chi connectivity index (χ1v) is 10.2. The van der Waals surface area contributed by atoms with Crippen LogP contribution in [0.15, 0.2) is 54.5 Å². The summed E-state index contributed by atoms with van der Waals surface area (Å²) in [5, 5.41) is 16.3. The quantitative estimate of drug-likeness (QED) is 0.391. The zero-order chi connectivity index (χ0) is 21.0. The Morgan fingerprint density at radius 3 is 2.86 bits per heavy atom. The number of aromatic nitrogens is 1. The minimum Gasteiger partial charge on any atom is -0.453 e. The highest BCUT2D eigenvalue weighted by Gasteiger charge is 2.32. The molecule has 0 aromatic carbocycles. The Bertz CT molecular complexity index is 704. The lowest BCUT2D eigenvalue weighted by atomic mass is 9.85. The van der Waals surface area contributed by atoms with E-state index in [9.17, 15) is 9.90 Å². The molecular formula is C22H32N2O3S. The molecule has 5 nitrogen and oxygen atoms in total. The number of carbonyl (C=O) groups excluding carboxylic acids is 1. The molecule has 0 saturated heterocycles. The molecule has 0 unspecified atom stereocenters. The van der Waals surface area contributed by atoms with Crippen molar-refractivity contribution in [3.8, 4) is 0 Å². The van der Waals surface area contributed by atoms with Crippen molar-refractivity contribution in [2.45, 2.75) is 51.0 Å². The first-order valence-electron chi connectivity index (χ1n) is 9.36. The fraction of sp³-hybridized carbons (Fsp3) is 0.455. The third-order valence-corrected chi connectivity index (χ3v) is 5.58. The molecule has 28 heavy (non-hydrogen) atoms. The molecule has 1 aromatic heterocycles. The first-order chi connectivity index (χ1) is 13.3. The van der Waals surface area contributed by atoms with Gasteiger partial charge in [-0.2, -0.15) is 0 Å². The number of ether oxygens (including phenoxy) is 1. The number of thiazole rings is 1. The molecule has 2 N–H and O–H groups in total. The van der Waals surface area contributed by atoms with Gasteiger partial charge in [-0.15, -0.1) is 17.9 Å². The summed E-state index contributed by atoms with van der Waals surface area (Å²) >= 11 is 1.59. The van der Waals surface area contributed by atoms with Crippen molar-refractivity contribution in [3.05, 3.63) is 65.2 Å². The number of nitrogens with one attached hydrogen (secondary N) is 1. The van der Waals surface area contributed by atoms with Crippen molar-refractivity contribution in [1.82, 2.24) is 10.3 Å². The lowest BCUT2D eigenvalue weighted by Gasteiger charge is -2.27. The molecule has 0 spiro atoms. The van der Waals surface area contributed by atoms with Crippen LogP contribution < -0.4 is 5.32 Å². The average molecular weight is 405 g/mol. The number of carbonyl (C=O) groups is 1. The van der Waals surface area contributed by atoms with Gasteiger partial charge in [0.15, 0.2) is 0 Å². The molecule has 6 heteroatoms. The number of hydrogen-bond donors (Lipinski definition) is 2. The van der Waals surface area contributed by atoms with Gasteiger partial charge in [0, 0.05) is 23.8 Å². The van der Waals surface area contributed by atoms with Crippen LogP contribution in [-0.2, 0) is 16.6 Å². The van der Waals surface area contributed by atoms with E-state index in [1.165, 1.54) is 7.11 Å². The highest BCUT2D eigenvalue weighted by molar-refractivity contribution is 7.09. The second-order valence-electron chi connectivity index (χ2n) is 7.05. The van der Waals surface area contributed by atoms with Crippen LogP contribution in [-0.4, -0.2) is 35.9 Å². The molecule has 154 valence electrons. The Morgan fingerprint density at radius 1 is 1.43 bits per heavy atom. The normalized spacial score (nSPS) is 13.0. The molecule has 0 fully saturated rings. The second kappa shape index (κ2) is 12.3. The standard InChI is InChI=1S/C22H32N2O3S/c1-6-7-8-9-12-18-16-28-20(24-18)22(3,4)19(25)13-10-11-17(2)14-15-23-21(26)27-5/h6,8-11,16,19,25H,1-2,7,12-15H2,3-5H3,(H,23,26)/b9-8+,11-10-/t19-/m0/s1. The monoisotopic (exact) mass is 404 g/mol. The number of hydrogen-bond acceptors (Lipinski definition) is 5. The minimum atomic E-state index is -0.556. The molecule has 0 radical (unpaired) electrons. The molecule has 1 rings (SSSR count). The minimum absolute atomic E-state index is 0.439. The SMILES string of the molecule is C=CC/C=C/Cc1csc(C(C)(C)[C@@H](O)C/C=C\C(=C)CCNC(=O)OC)n1. The van der Waals surface area contributed by atoms with E-state index in [0.29, 0.717) is 19.4 Å². The number of methoxy groups -OCH3 is 1. The lowest BCUT2D eigenvalue weighted by Crippen LogP contribution is -2.33. The third kappa shape index (κ3) is 8.23. The van der Waals surface area contributed by atoms with E-state index in [-0.39, 0.29) is 0 Å². The Morgan fingerprint density at radius 2 is 2.18 bits per heavy atom. The summed E-state index contributed by atoms with van der Waals surface area (Å²) < 4.78 is 4.51. The number of amides is 1. The third-order valence-electron chi connectivity index (χ3n) is 4.35. The van der Waals surface area contributed by atoms with Crippen LogP contribution >= 0.6 is 11.3 Å². The lowest BCUT2D eigenvalue weighted by molar-refractivity contribution is 0.102. The summed E-state index contributed by atoms with van der Waals surface area (Å²) in [7, 11) is 1.33. The van der Waals surface area contributed by atoms with Gasteiger partial charge in [0.2, 0.25) is 0 Å². The smallest absolute Gasteiger partial charge is 0.406 e. The molecule has 0 aliphatic heterocycles. The molecular weight excluding hydrogens is 372 g/mol. The van der Waals surface area contributed by atoms with Crippen molar-refractivity contribution in [3.63, 3.8) is 0 Å². The van der Waals surface area contributed by atoms with Crippen LogP contribution in [0.2, 0.25) is 0 Å². The van der Waals surface area contributed by atoms with Crippen LogP contribution in [0.1, 0.15) is 43.8 Å². The van der Waals surface area contributed by atoms with Crippen molar-refractivity contribution in [2.24, 2.45) is 0 Å². The van der Waals surface area contributed by atoms with E-state index in [1.54, 1.807) is 11.3 Å². The Hall–Kier alpha value is -2.18. The zero-order valence-electron chi connectivity index (χ0n) is 17.1. The summed E-state index contributed by atoms with van der Waals surface area (Å²) in [5.74, 6) is 0. The Kier molecular flexibility index (Phi) is 10.5. The van der Waals surface area contributed by atoms with E-state index in [4.69, 9.17) is 4.98 Å². The number of allylic oxidation sites excluding steroid dienone is 4. The van der Waals surface area contributed by atoms with E-state index in [2.05, 4.69) is 35.4 Å². The molecule has 0 bridgehead atoms. The number of rotatable bonds is 12. The van der Waals surface area contributed by atoms with Crippen molar-refractivity contribution in [1.29, 1.82) is 0 Å². The van der Waals surface area contributed by atoms with Gasteiger partial charge in [0.1, 0.15) is 5.01 Å². The highest BCUT2D eigenvalue weighted by atomic mass is 32.1. The maximum atomic E-state index is 11.0. The maximum Gasteiger partial charge on any atom is 0.406 e. The van der Waals surface area contributed by atoms with Crippen LogP contribution in [0.4, 0.5) is 4.79 Å². The van der Waals surface area contributed by atoms with Gasteiger partial charge in [-0.05, 0) is 19.3 Å². The molecule has 0 saturated carbocycles. The van der Waals surface area contributed by atoms with Gasteiger partial charge in [0.25, 0.3) is 0 Å². The van der Waals surface area contributed by atoms with Crippen molar-refractivity contribution in [2.75, 3.05) is 13.7 Å². The predicted octanol–water partition coefficient (Wildman–Crippen LogP) is 4.71. The van der Waals surface area contributed by atoms with Crippen molar-refractivity contribution < 1.29 is 14.6 Å². The molecule has 0 aliphatic carbocycles. The average Bonchev–Trinajstić information content (AvgIpc) is 3.14. The Balaban J connectivity index is 2.52. The van der Waals surface area contributed by atoms with E-state index in [0.717, 1.165) is 29.1 Å². The Labute approximate surface area is 172 Å². The zero-order valence-corrected chi connectivity index (χ0v) is 17.9. The maximum absolute atomic E-state index is 11.0. The van der Waals surface area contributed by atoms with Gasteiger partial charge in [-0.25, -0.2) is 9.78 Å². The number of alkyl carbamates (subject to hydrolysis) is 1. The molecule has 1 heterocycles. The fourth-order valence-electron chi connectivity index (χ4n) is 2.37. The summed E-state index contributed by atoms with van der Waals surface area (Å²) in [5.41, 5.74) is 1.46. The second-order valence-corrected chi connectivity index (χ2v) is 7.90. The molecule has 1 atom stereocenters. The summed E-state index contributed by atoms with van der Waals surface area (Å²) in [6.07, 6.45) is 11.6. The molecule has 0 aliphatic rings. The van der Waals surface area contributed by atoms with E-state index < -0.39 is 17.6 Å². The molecule has 1 amide bonds. The number of aliphatic hydroxyl groups is 1. The van der Waals surface area contributed by atoms with Crippen molar-refractivity contribution >= 4 is 17.4 Å². The summed E-state index contributed by atoms with van der Waals surface area (Å²) in [6, 6.07) is 0. The summed E-state index contributed by atoms with van der Waals surface area (Å²) in [4.78, 5) is 15.7.